The molecule has 4 heterocycles. The second-order valence-corrected chi connectivity index (χ2v) is 10.6. The summed E-state index contributed by atoms with van der Waals surface area (Å²) >= 11 is 7.46. The third kappa shape index (κ3) is 4.78. The van der Waals surface area contributed by atoms with Gasteiger partial charge in [-0.3, -0.25) is 14.3 Å². The maximum absolute atomic E-state index is 12.9. The molecule has 2 atom stereocenters. The Balaban J connectivity index is 1.31. The van der Waals surface area contributed by atoms with E-state index in [4.69, 9.17) is 17.2 Å². The number of carbonyl (C=O) groups excluding carboxylic acids is 1. The number of aryl methyl sites for hydroxylation is 1. The molecule has 0 radical (unpaired) electrons. The highest BCUT2D eigenvalue weighted by molar-refractivity contribution is 7.80. The molecule has 6 rings (SSSR count). The fourth-order valence-corrected chi connectivity index (χ4v) is 6.12. The van der Waals surface area contributed by atoms with Crippen LogP contribution in [0.1, 0.15) is 35.5 Å². The van der Waals surface area contributed by atoms with Crippen molar-refractivity contribution in [1.29, 1.82) is 0 Å². The molecule has 1 aliphatic rings. The number of nitrogens with zero attached hydrogens (tertiary/aromatic N) is 4. The van der Waals surface area contributed by atoms with Crippen LogP contribution in [-0.2, 0) is 4.79 Å². The van der Waals surface area contributed by atoms with Gasteiger partial charge in [0.15, 0.2) is 10.2 Å². The minimum absolute atomic E-state index is 0.0572. The van der Waals surface area contributed by atoms with Crippen molar-refractivity contribution in [2.45, 2.75) is 25.4 Å². The first-order valence-electron chi connectivity index (χ1n) is 12.4. The number of rotatable bonds is 7. The molecule has 2 N–H and O–H groups in total. The number of carbonyl (C=O) groups is 1. The number of anilines is 1. The quantitative estimate of drug-likeness (QED) is 0.256. The standard InChI is InChI=1S/C29H26N6OS2/c1-19-11-13-20(14-12-19)31-25(36)15-18-35-27(26(33-28(35)37)22-8-4-5-16-30-22)23-9-6-17-34(23)29-32-21-7-2-3-10-24(21)38-29/h2-14,16-17,26-27H,15,18H2,1H3,(H,31,36)(H,33,37)/t26-,27+/m1/s1. The van der Waals surface area contributed by atoms with Crippen molar-refractivity contribution >= 4 is 50.5 Å². The second-order valence-electron chi connectivity index (χ2n) is 9.25. The first-order valence-corrected chi connectivity index (χ1v) is 13.7. The van der Waals surface area contributed by atoms with Crippen LogP contribution in [0.5, 0.6) is 0 Å². The van der Waals surface area contributed by atoms with Gasteiger partial charge in [0.25, 0.3) is 0 Å². The third-order valence-corrected chi connectivity index (χ3v) is 8.07. The second kappa shape index (κ2) is 10.4. The van der Waals surface area contributed by atoms with Gasteiger partial charge < -0.3 is 15.5 Å². The smallest absolute Gasteiger partial charge is 0.226 e. The number of thiocarbonyl (C=S) groups is 1. The first-order chi connectivity index (χ1) is 18.6. The van der Waals surface area contributed by atoms with E-state index in [1.165, 1.54) is 0 Å². The van der Waals surface area contributed by atoms with E-state index in [1.54, 1.807) is 17.5 Å². The maximum atomic E-state index is 12.9. The number of fused-ring (bicyclic) bond motifs is 1. The van der Waals surface area contributed by atoms with E-state index in [0.717, 1.165) is 38.0 Å². The molecule has 0 unspecified atom stereocenters. The van der Waals surface area contributed by atoms with Crippen molar-refractivity contribution in [1.82, 2.24) is 24.8 Å². The van der Waals surface area contributed by atoms with E-state index in [-0.39, 0.29) is 18.0 Å². The van der Waals surface area contributed by atoms with Crippen LogP contribution in [-0.4, -0.2) is 37.0 Å². The molecule has 5 aromatic rings. The lowest BCUT2D eigenvalue weighted by Crippen LogP contribution is -2.33. The van der Waals surface area contributed by atoms with E-state index in [2.05, 4.69) is 37.2 Å². The molecular weight excluding hydrogens is 512 g/mol. The highest BCUT2D eigenvalue weighted by Crippen LogP contribution is 2.40. The predicted octanol–water partition coefficient (Wildman–Crippen LogP) is 5.79. The zero-order valence-electron chi connectivity index (χ0n) is 20.7. The SMILES string of the molecule is Cc1ccc(NC(=O)CCN2C(=S)N[C@H](c3ccccn3)[C@@H]2c2cccn2-c2nc3ccccc3s2)cc1. The third-order valence-electron chi connectivity index (χ3n) is 6.68. The minimum atomic E-state index is -0.174. The number of benzene rings is 2. The van der Waals surface area contributed by atoms with Gasteiger partial charge >= 0.3 is 0 Å². The molecule has 1 aliphatic heterocycles. The number of pyridine rings is 1. The van der Waals surface area contributed by atoms with Gasteiger partial charge in [-0.2, -0.15) is 0 Å². The lowest BCUT2D eigenvalue weighted by molar-refractivity contribution is -0.116. The van der Waals surface area contributed by atoms with Crippen LogP contribution in [0.3, 0.4) is 0 Å². The van der Waals surface area contributed by atoms with Gasteiger partial charge in [0.1, 0.15) is 0 Å². The Morgan fingerprint density at radius 1 is 1.05 bits per heavy atom. The van der Waals surface area contributed by atoms with Gasteiger partial charge in [0.05, 0.1) is 33.7 Å². The highest BCUT2D eigenvalue weighted by Gasteiger charge is 2.41. The normalized spacial score (nSPS) is 17.1. The van der Waals surface area contributed by atoms with E-state index >= 15 is 0 Å². The molecule has 38 heavy (non-hydrogen) atoms. The van der Waals surface area contributed by atoms with Crippen molar-refractivity contribution in [3.05, 3.63) is 108 Å². The average Bonchev–Trinajstić information content (AvgIpc) is 3.65. The summed E-state index contributed by atoms with van der Waals surface area (Å²) in [6.45, 7) is 2.48. The van der Waals surface area contributed by atoms with Gasteiger partial charge in [-0.25, -0.2) is 4.98 Å². The molecular formula is C29H26N6OS2. The van der Waals surface area contributed by atoms with Gasteiger partial charge in [0.2, 0.25) is 5.91 Å². The molecule has 3 aromatic heterocycles. The Morgan fingerprint density at radius 2 is 1.87 bits per heavy atom. The molecule has 0 spiro atoms. The number of para-hydroxylation sites is 1. The number of nitrogens with one attached hydrogen (secondary N) is 2. The number of aromatic nitrogens is 3. The summed E-state index contributed by atoms with van der Waals surface area (Å²) in [5, 5.41) is 7.97. The summed E-state index contributed by atoms with van der Waals surface area (Å²) in [4.78, 5) is 24.5. The summed E-state index contributed by atoms with van der Waals surface area (Å²) in [5.74, 6) is -0.0572. The molecule has 0 bridgehead atoms. The Labute approximate surface area is 230 Å². The van der Waals surface area contributed by atoms with Gasteiger partial charge in [-0.15, -0.1) is 0 Å². The Kier molecular flexibility index (Phi) is 6.61. The van der Waals surface area contributed by atoms with Crippen LogP contribution >= 0.6 is 23.6 Å². The van der Waals surface area contributed by atoms with Crippen LogP contribution in [0.2, 0.25) is 0 Å². The predicted molar refractivity (Wildman–Crippen MR) is 156 cm³/mol. The number of amides is 1. The van der Waals surface area contributed by atoms with Crippen LogP contribution in [0.25, 0.3) is 15.3 Å². The monoisotopic (exact) mass is 538 g/mol. The number of thiazole rings is 1. The molecule has 190 valence electrons. The average molecular weight is 539 g/mol. The topological polar surface area (TPSA) is 75.1 Å². The van der Waals surface area contributed by atoms with Crippen LogP contribution in [0.15, 0.2) is 91.3 Å². The van der Waals surface area contributed by atoms with E-state index in [1.807, 2.05) is 79.9 Å². The highest BCUT2D eigenvalue weighted by atomic mass is 32.1. The number of hydrogen-bond acceptors (Lipinski definition) is 5. The Morgan fingerprint density at radius 3 is 2.66 bits per heavy atom. The molecule has 0 aliphatic carbocycles. The van der Waals surface area contributed by atoms with Gasteiger partial charge in [0, 0.05) is 31.0 Å². The zero-order chi connectivity index (χ0) is 26.1. The summed E-state index contributed by atoms with van der Waals surface area (Å²) < 4.78 is 3.26. The molecule has 9 heteroatoms. The Bertz CT molecular complexity index is 1560. The molecule has 2 aromatic carbocycles. The largest absolute Gasteiger partial charge is 0.352 e. The van der Waals surface area contributed by atoms with Gasteiger partial charge in [-0.1, -0.05) is 47.2 Å². The van der Waals surface area contributed by atoms with Crippen LogP contribution in [0, 0.1) is 6.92 Å². The van der Waals surface area contributed by atoms with Crippen molar-refractivity contribution in [3.63, 3.8) is 0 Å². The van der Waals surface area contributed by atoms with Gasteiger partial charge in [-0.05, 0) is 67.7 Å². The lowest BCUT2D eigenvalue weighted by atomic mass is 10.0. The first kappa shape index (κ1) is 24.3. The van der Waals surface area contributed by atoms with Crippen LogP contribution in [0.4, 0.5) is 5.69 Å². The Hall–Kier alpha value is -4.08. The van der Waals surface area contributed by atoms with Crippen molar-refractivity contribution in [2.24, 2.45) is 0 Å². The van der Waals surface area contributed by atoms with E-state index in [0.29, 0.717) is 18.1 Å². The van der Waals surface area contributed by atoms with Crippen LogP contribution < -0.4 is 10.6 Å². The summed E-state index contributed by atoms with van der Waals surface area (Å²) in [6, 6.07) is 25.6. The summed E-state index contributed by atoms with van der Waals surface area (Å²) in [7, 11) is 0. The summed E-state index contributed by atoms with van der Waals surface area (Å²) in [5.41, 5.74) is 4.83. The minimum Gasteiger partial charge on any atom is -0.352 e. The maximum Gasteiger partial charge on any atom is 0.226 e. The molecule has 0 saturated carbocycles. The number of hydrogen-bond donors (Lipinski definition) is 2. The summed E-state index contributed by atoms with van der Waals surface area (Å²) in [6.07, 6.45) is 4.12. The van der Waals surface area contributed by atoms with E-state index in [9.17, 15) is 4.79 Å². The van der Waals surface area contributed by atoms with E-state index < -0.39 is 0 Å². The molecule has 1 fully saturated rings. The fraction of sp³-hybridized carbons (Fsp3) is 0.172. The molecule has 1 amide bonds. The van der Waals surface area contributed by atoms with Crippen molar-refractivity contribution < 1.29 is 4.79 Å². The van der Waals surface area contributed by atoms with Crippen molar-refractivity contribution in [3.8, 4) is 5.13 Å². The lowest BCUT2D eigenvalue weighted by Gasteiger charge is -2.28. The fourth-order valence-electron chi connectivity index (χ4n) is 4.82. The molecule has 7 nitrogen and oxygen atoms in total. The molecule has 1 saturated heterocycles. The zero-order valence-corrected chi connectivity index (χ0v) is 22.4. The van der Waals surface area contributed by atoms with Crippen molar-refractivity contribution in [2.75, 3.05) is 11.9 Å².